The summed E-state index contributed by atoms with van der Waals surface area (Å²) >= 11 is 0. The first kappa shape index (κ1) is 33.7. The zero-order valence-corrected chi connectivity index (χ0v) is 31.1. The summed E-state index contributed by atoms with van der Waals surface area (Å²) in [4.78, 5) is 0. The van der Waals surface area contributed by atoms with E-state index in [1.807, 2.05) is 0 Å². The van der Waals surface area contributed by atoms with Crippen molar-refractivity contribution in [2.24, 2.45) is 0 Å². The Morgan fingerprint density at radius 2 is 0.550 bits per heavy atom. The quantitative estimate of drug-likeness (QED) is 0.112. The van der Waals surface area contributed by atoms with Gasteiger partial charge in [-0.15, -0.1) is 0 Å². The third-order valence-electron chi connectivity index (χ3n) is 7.92. The molecule has 0 radical (unpaired) electrons. The van der Waals surface area contributed by atoms with Gasteiger partial charge in [0.2, 0.25) is 0 Å². The van der Waals surface area contributed by atoms with Gasteiger partial charge in [-0.25, -0.2) is 0 Å². The second-order valence-electron chi connectivity index (χ2n) is 12.9. The molecule has 0 atom stereocenters. The standard InChI is InChI=1S/C36H55P3Si/c1-25(2)37(26(3)4)31-19-13-16-22-34(31)40(35-23-17-14-20-32(35)38(27(5)6)28(7)8)36-24-18-15-21-33(36)39(29(9)10)30(11)12/h13-30,40H,1-12H3. The molecule has 3 aromatic rings. The fraction of sp³-hybridized carbons (Fsp3) is 0.500. The summed E-state index contributed by atoms with van der Waals surface area (Å²) in [5.74, 6) is 0. The Kier molecular flexibility index (Phi) is 12.7. The summed E-state index contributed by atoms with van der Waals surface area (Å²) in [6.45, 7) is 29.4. The number of benzene rings is 3. The smallest absolute Gasteiger partial charge is 0.0702 e. The molecule has 0 aliphatic carbocycles. The monoisotopic (exact) mass is 608 g/mol. The molecule has 3 rings (SSSR count). The van der Waals surface area contributed by atoms with E-state index in [-0.39, 0.29) is 23.8 Å². The van der Waals surface area contributed by atoms with Gasteiger partial charge in [0.15, 0.2) is 0 Å². The van der Waals surface area contributed by atoms with E-state index in [1.165, 1.54) is 0 Å². The summed E-state index contributed by atoms with van der Waals surface area (Å²) in [5, 5.41) is 10.0. The Bertz CT molecular complexity index is 1040. The van der Waals surface area contributed by atoms with Crippen molar-refractivity contribution in [3.05, 3.63) is 72.8 Å². The minimum Gasteiger partial charge on any atom is -0.0702 e. The van der Waals surface area contributed by atoms with E-state index >= 15 is 0 Å². The molecule has 0 bridgehead atoms. The van der Waals surface area contributed by atoms with E-state index in [9.17, 15) is 0 Å². The highest BCUT2D eigenvalue weighted by Gasteiger charge is 2.34. The van der Waals surface area contributed by atoms with Crippen molar-refractivity contribution in [3.63, 3.8) is 0 Å². The lowest BCUT2D eigenvalue weighted by Gasteiger charge is -2.36. The van der Waals surface area contributed by atoms with Crippen LogP contribution in [0.25, 0.3) is 0 Å². The molecular formula is C36H55P3Si. The molecule has 0 N–H and O–H groups in total. The van der Waals surface area contributed by atoms with E-state index in [0.717, 1.165) is 0 Å². The molecule has 40 heavy (non-hydrogen) atoms. The molecule has 0 aromatic heterocycles. The summed E-state index contributed by atoms with van der Waals surface area (Å²) in [5.41, 5.74) is 4.02. The van der Waals surface area contributed by atoms with Crippen molar-refractivity contribution in [3.8, 4) is 0 Å². The predicted molar refractivity (Wildman–Crippen MR) is 196 cm³/mol. The molecular weight excluding hydrogens is 553 g/mol. The third-order valence-corrected chi connectivity index (χ3v) is 21.6. The van der Waals surface area contributed by atoms with Crippen LogP contribution >= 0.6 is 23.8 Å². The number of rotatable bonds is 12. The maximum absolute atomic E-state index is 2.54. The summed E-state index contributed by atoms with van der Waals surface area (Å²) in [7, 11) is -2.58. The molecule has 0 aliphatic rings. The highest BCUT2D eigenvalue weighted by Crippen LogP contribution is 2.46. The van der Waals surface area contributed by atoms with Gasteiger partial charge in [-0.3, -0.25) is 0 Å². The van der Waals surface area contributed by atoms with Crippen molar-refractivity contribution < 1.29 is 0 Å². The zero-order valence-electron chi connectivity index (χ0n) is 27.3. The number of hydrogen-bond acceptors (Lipinski definition) is 0. The predicted octanol–water partition coefficient (Wildman–Crippen LogP) is 7.71. The normalized spacial score (nSPS) is 12.8. The topological polar surface area (TPSA) is 0 Å². The minimum atomic E-state index is -1.79. The summed E-state index contributed by atoms with van der Waals surface area (Å²) < 4.78 is 0. The van der Waals surface area contributed by atoms with Crippen molar-refractivity contribution in [2.45, 2.75) is 117 Å². The van der Waals surface area contributed by atoms with Gasteiger partial charge in [-0.2, -0.15) is 0 Å². The van der Waals surface area contributed by atoms with Crippen molar-refractivity contribution in [2.75, 3.05) is 0 Å². The van der Waals surface area contributed by atoms with Crippen LogP contribution in [-0.2, 0) is 0 Å². The molecule has 3 aromatic carbocycles. The molecule has 0 saturated heterocycles. The largest absolute Gasteiger partial charge is 0.135 e. The first-order valence-corrected chi connectivity index (χ1v) is 21.7. The lowest BCUT2D eigenvalue weighted by molar-refractivity contribution is 1.02. The van der Waals surface area contributed by atoms with Crippen LogP contribution in [0.5, 0.6) is 0 Å². The molecule has 0 amide bonds. The second kappa shape index (κ2) is 15.1. The Balaban J connectivity index is 2.48. The Labute approximate surface area is 253 Å². The van der Waals surface area contributed by atoms with Crippen LogP contribution in [-0.4, -0.2) is 42.8 Å². The van der Waals surface area contributed by atoms with Gasteiger partial charge in [0.25, 0.3) is 0 Å². The average Bonchev–Trinajstić information content (AvgIpc) is 2.86. The van der Waals surface area contributed by atoms with Crippen molar-refractivity contribution in [1.82, 2.24) is 0 Å². The van der Waals surface area contributed by atoms with Gasteiger partial charge in [0.05, 0.1) is 0 Å². The maximum atomic E-state index is 2.54. The summed E-state index contributed by atoms with van der Waals surface area (Å²) in [6, 6.07) is 29.1. The van der Waals surface area contributed by atoms with Crippen molar-refractivity contribution >= 4 is 64.0 Å². The van der Waals surface area contributed by atoms with Gasteiger partial charge < -0.3 is 0 Å². The lowest BCUT2D eigenvalue weighted by Crippen LogP contribution is -2.63. The van der Waals surface area contributed by atoms with Gasteiger partial charge in [0, 0.05) is 0 Å². The Hall–Kier alpha value is -0.833. The third kappa shape index (κ3) is 7.56. The molecule has 0 saturated carbocycles. The number of hydrogen-bond donors (Lipinski definition) is 0. The van der Waals surface area contributed by atoms with E-state index in [1.54, 1.807) is 31.5 Å². The van der Waals surface area contributed by atoms with Crippen LogP contribution in [0.4, 0.5) is 0 Å². The average molecular weight is 609 g/mol. The first-order valence-electron chi connectivity index (χ1n) is 15.5. The van der Waals surface area contributed by atoms with Gasteiger partial charge in [-0.05, 0) is 65.4 Å². The van der Waals surface area contributed by atoms with E-state index < -0.39 is 8.80 Å². The fourth-order valence-corrected chi connectivity index (χ4v) is 21.3. The van der Waals surface area contributed by atoms with Crippen LogP contribution in [0.2, 0.25) is 0 Å². The minimum absolute atomic E-state index is 0.262. The zero-order chi connectivity index (χ0) is 29.7. The highest BCUT2D eigenvalue weighted by molar-refractivity contribution is 7.69. The molecule has 0 unspecified atom stereocenters. The van der Waals surface area contributed by atoms with E-state index in [2.05, 4.69) is 156 Å². The summed E-state index contributed by atoms with van der Waals surface area (Å²) in [6.07, 6.45) is 0. The van der Waals surface area contributed by atoms with Gasteiger partial charge >= 0.3 is 0 Å². The molecule has 218 valence electrons. The molecule has 4 heteroatoms. The van der Waals surface area contributed by atoms with Crippen molar-refractivity contribution in [1.29, 1.82) is 0 Å². The van der Waals surface area contributed by atoms with Crippen LogP contribution < -0.4 is 31.5 Å². The fourth-order valence-electron chi connectivity index (χ4n) is 6.86. The molecule has 0 spiro atoms. The van der Waals surface area contributed by atoms with E-state index in [4.69, 9.17) is 0 Å². The van der Waals surface area contributed by atoms with E-state index in [0.29, 0.717) is 34.0 Å². The molecule has 0 heterocycles. The molecule has 0 aliphatic heterocycles. The SMILES string of the molecule is CC(C)P(c1ccccc1[SiH](c1ccccc1P(C(C)C)C(C)C)c1ccccc1P(C(C)C)C(C)C)C(C)C. The van der Waals surface area contributed by atoms with Crippen LogP contribution in [0.3, 0.4) is 0 Å². The van der Waals surface area contributed by atoms with Gasteiger partial charge in [-0.1, -0.05) is 180 Å². The highest BCUT2D eigenvalue weighted by atomic mass is 31.1. The second-order valence-corrected chi connectivity index (χ2v) is 25.7. The van der Waals surface area contributed by atoms with Gasteiger partial charge in [0.1, 0.15) is 8.80 Å². The first-order chi connectivity index (χ1) is 18.9. The maximum Gasteiger partial charge on any atom is 0.135 e. The molecule has 0 fully saturated rings. The van der Waals surface area contributed by atoms with Crippen LogP contribution in [0, 0.1) is 0 Å². The Morgan fingerprint density at radius 1 is 0.350 bits per heavy atom. The molecule has 0 nitrogen and oxygen atoms in total. The van der Waals surface area contributed by atoms with Crippen LogP contribution in [0.1, 0.15) is 83.1 Å². The Morgan fingerprint density at radius 3 is 0.750 bits per heavy atom. The lowest BCUT2D eigenvalue weighted by atomic mass is 10.3. The van der Waals surface area contributed by atoms with Crippen LogP contribution in [0.15, 0.2) is 72.8 Å².